The van der Waals surface area contributed by atoms with E-state index in [4.69, 9.17) is 4.74 Å². The van der Waals surface area contributed by atoms with Crippen molar-refractivity contribution >= 4 is 15.8 Å². The molecule has 6 nitrogen and oxygen atoms in total. The van der Waals surface area contributed by atoms with Crippen LogP contribution in [0, 0.1) is 6.92 Å². The Bertz CT molecular complexity index is 961. The molecule has 2 aromatic rings. The summed E-state index contributed by atoms with van der Waals surface area (Å²) in [5.74, 6) is 0.741. The smallest absolute Gasteiger partial charge is 0.194 e. The van der Waals surface area contributed by atoms with Crippen molar-refractivity contribution in [1.82, 2.24) is 10.2 Å². The number of hydrogen-bond acceptors (Lipinski definition) is 4. The predicted molar refractivity (Wildman–Crippen MR) is 121 cm³/mol. The minimum Gasteiger partial charge on any atom is -0.370 e. The number of ether oxygens (including phenoxy) is 1. The number of morpholine rings is 1. The van der Waals surface area contributed by atoms with Gasteiger partial charge in [0, 0.05) is 19.6 Å². The molecule has 30 heavy (non-hydrogen) atoms. The first kappa shape index (κ1) is 22.3. The van der Waals surface area contributed by atoms with Crippen LogP contribution in [0.4, 0.5) is 0 Å². The Balaban J connectivity index is 1.70. The highest BCUT2D eigenvalue weighted by Gasteiger charge is 2.27. The van der Waals surface area contributed by atoms with E-state index >= 15 is 0 Å². The number of guanidine groups is 1. The maximum Gasteiger partial charge on any atom is 0.194 e. The lowest BCUT2D eigenvalue weighted by Gasteiger charge is -2.37. The normalized spacial score (nSPS) is 18.8. The second-order valence-electron chi connectivity index (χ2n) is 7.55. The molecule has 1 heterocycles. The van der Waals surface area contributed by atoms with Gasteiger partial charge in [-0.1, -0.05) is 49.4 Å². The second kappa shape index (κ2) is 10.1. The molecule has 0 radical (unpaired) electrons. The van der Waals surface area contributed by atoms with Crippen LogP contribution in [0.15, 0.2) is 64.5 Å². The van der Waals surface area contributed by atoms with Gasteiger partial charge >= 0.3 is 0 Å². The summed E-state index contributed by atoms with van der Waals surface area (Å²) in [6.45, 7) is 6.06. The van der Waals surface area contributed by atoms with Crippen molar-refractivity contribution in [3.8, 4) is 0 Å². The van der Waals surface area contributed by atoms with Crippen molar-refractivity contribution in [1.29, 1.82) is 0 Å². The quantitative estimate of drug-likeness (QED) is 0.564. The fourth-order valence-electron chi connectivity index (χ4n) is 3.71. The highest BCUT2D eigenvalue weighted by atomic mass is 32.2. The zero-order valence-electron chi connectivity index (χ0n) is 17.9. The lowest BCUT2D eigenvalue weighted by atomic mass is 10.0. The first-order valence-electron chi connectivity index (χ1n) is 10.4. The molecule has 1 aliphatic heterocycles. The molecule has 0 saturated carbocycles. The van der Waals surface area contributed by atoms with Crippen LogP contribution in [0.2, 0.25) is 0 Å². The number of nitrogens with one attached hydrogen (secondary N) is 1. The van der Waals surface area contributed by atoms with Crippen LogP contribution in [-0.4, -0.2) is 57.8 Å². The molecule has 2 unspecified atom stereocenters. The van der Waals surface area contributed by atoms with E-state index in [1.165, 1.54) is 11.1 Å². The van der Waals surface area contributed by atoms with Crippen molar-refractivity contribution in [3.63, 3.8) is 0 Å². The van der Waals surface area contributed by atoms with Crippen molar-refractivity contribution in [2.75, 3.05) is 32.5 Å². The van der Waals surface area contributed by atoms with Gasteiger partial charge in [-0.25, -0.2) is 8.42 Å². The van der Waals surface area contributed by atoms with E-state index in [2.05, 4.69) is 34.3 Å². The summed E-state index contributed by atoms with van der Waals surface area (Å²) < 4.78 is 31.6. The molecule has 7 heteroatoms. The van der Waals surface area contributed by atoms with Crippen molar-refractivity contribution in [3.05, 3.63) is 65.7 Å². The van der Waals surface area contributed by atoms with E-state index in [1.807, 2.05) is 25.1 Å². The van der Waals surface area contributed by atoms with Gasteiger partial charge in [0.05, 0.1) is 23.8 Å². The lowest BCUT2D eigenvalue weighted by molar-refractivity contribution is -0.00847. The Kier molecular flexibility index (Phi) is 7.50. The fraction of sp³-hybridized carbons (Fsp3) is 0.435. The highest BCUT2D eigenvalue weighted by molar-refractivity contribution is 7.91. The highest BCUT2D eigenvalue weighted by Crippen LogP contribution is 2.25. The monoisotopic (exact) mass is 429 g/mol. The predicted octanol–water partition coefficient (Wildman–Crippen LogP) is 3.20. The van der Waals surface area contributed by atoms with Crippen molar-refractivity contribution in [2.45, 2.75) is 37.3 Å². The van der Waals surface area contributed by atoms with E-state index in [0.29, 0.717) is 37.0 Å². The third-order valence-electron chi connectivity index (χ3n) is 5.46. The summed E-state index contributed by atoms with van der Waals surface area (Å²) in [6.07, 6.45) is 0.642. The van der Waals surface area contributed by atoms with Gasteiger partial charge in [0.2, 0.25) is 0 Å². The van der Waals surface area contributed by atoms with E-state index in [9.17, 15) is 8.42 Å². The minimum atomic E-state index is -3.38. The molecule has 1 aliphatic rings. The summed E-state index contributed by atoms with van der Waals surface area (Å²) in [6, 6.07) is 16.6. The van der Waals surface area contributed by atoms with E-state index < -0.39 is 9.84 Å². The van der Waals surface area contributed by atoms with Crippen molar-refractivity contribution in [2.24, 2.45) is 4.99 Å². The van der Waals surface area contributed by atoms with Gasteiger partial charge in [-0.2, -0.15) is 0 Å². The maximum absolute atomic E-state index is 12.8. The van der Waals surface area contributed by atoms with E-state index in [1.54, 1.807) is 31.3 Å². The van der Waals surface area contributed by atoms with Gasteiger partial charge in [0.1, 0.15) is 6.10 Å². The van der Waals surface area contributed by atoms with Gasteiger partial charge in [0.15, 0.2) is 15.8 Å². The molecule has 0 amide bonds. The molecule has 2 aromatic carbocycles. The summed E-state index contributed by atoms with van der Waals surface area (Å²) in [5, 5.41) is 3.38. The fourth-order valence-corrected chi connectivity index (χ4v) is 5.32. The van der Waals surface area contributed by atoms with Gasteiger partial charge < -0.3 is 15.0 Å². The minimum absolute atomic E-state index is 0.0259. The van der Waals surface area contributed by atoms with Crippen LogP contribution >= 0.6 is 0 Å². The average molecular weight is 430 g/mol. The summed E-state index contributed by atoms with van der Waals surface area (Å²) in [7, 11) is -1.64. The summed E-state index contributed by atoms with van der Waals surface area (Å²) in [4.78, 5) is 6.94. The molecule has 0 aliphatic carbocycles. The van der Waals surface area contributed by atoms with Crippen LogP contribution in [0.3, 0.4) is 0 Å². The third-order valence-corrected chi connectivity index (χ3v) is 7.29. The number of aryl methyl sites for hydroxylation is 1. The molecular formula is C23H31N3O3S. The molecule has 0 spiro atoms. The Morgan fingerprint density at radius 1 is 1.20 bits per heavy atom. The SMILES string of the molecule is CCC(CS(=O)(=O)c1ccccc1)NC(=NC)N1CCOC(c2ccccc2C)C1. The second-order valence-corrected chi connectivity index (χ2v) is 9.59. The zero-order valence-corrected chi connectivity index (χ0v) is 18.7. The topological polar surface area (TPSA) is 71.0 Å². The van der Waals surface area contributed by atoms with Crippen LogP contribution in [-0.2, 0) is 14.6 Å². The third kappa shape index (κ3) is 5.40. The molecule has 3 rings (SSSR count). The Hall–Kier alpha value is -2.38. The first-order valence-corrected chi connectivity index (χ1v) is 12.0. The number of nitrogens with zero attached hydrogens (tertiary/aromatic N) is 2. The summed E-state index contributed by atoms with van der Waals surface area (Å²) >= 11 is 0. The van der Waals surface area contributed by atoms with Gasteiger partial charge in [0.25, 0.3) is 0 Å². The van der Waals surface area contributed by atoms with E-state index in [-0.39, 0.29) is 17.9 Å². The molecule has 0 bridgehead atoms. The Morgan fingerprint density at radius 2 is 1.90 bits per heavy atom. The molecular weight excluding hydrogens is 398 g/mol. The maximum atomic E-state index is 12.8. The zero-order chi connectivity index (χ0) is 21.6. The summed E-state index contributed by atoms with van der Waals surface area (Å²) in [5.41, 5.74) is 2.38. The van der Waals surface area contributed by atoms with Gasteiger partial charge in [-0.15, -0.1) is 0 Å². The van der Waals surface area contributed by atoms with Crippen molar-refractivity contribution < 1.29 is 13.2 Å². The van der Waals surface area contributed by atoms with Crippen LogP contribution < -0.4 is 5.32 Å². The van der Waals surface area contributed by atoms with Gasteiger partial charge in [-0.3, -0.25) is 4.99 Å². The lowest BCUT2D eigenvalue weighted by Crippen LogP contribution is -2.52. The largest absolute Gasteiger partial charge is 0.370 e. The molecule has 2 atom stereocenters. The number of aliphatic imine (C=N–C) groups is 1. The standard InChI is InChI=1S/C23H31N3O3S/c1-4-19(17-30(27,28)20-11-6-5-7-12-20)25-23(24-3)26-14-15-29-22(16-26)21-13-9-8-10-18(21)2/h5-13,19,22H,4,14-17H2,1-3H3,(H,24,25). The molecule has 1 saturated heterocycles. The first-order chi connectivity index (χ1) is 14.4. The molecule has 1 N–H and O–H groups in total. The Labute approximate surface area is 179 Å². The van der Waals surface area contributed by atoms with Crippen LogP contribution in [0.5, 0.6) is 0 Å². The Morgan fingerprint density at radius 3 is 2.57 bits per heavy atom. The number of rotatable bonds is 6. The molecule has 162 valence electrons. The average Bonchev–Trinajstić information content (AvgIpc) is 2.77. The van der Waals surface area contributed by atoms with Crippen LogP contribution in [0.25, 0.3) is 0 Å². The van der Waals surface area contributed by atoms with Gasteiger partial charge in [-0.05, 0) is 36.6 Å². The van der Waals surface area contributed by atoms with Crippen LogP contribution in [0.1, 0.15) is 30.6 Å². The number of benzene rings is 2. The number of sulfone groups is 1. The number of hydrogen-bond donors (Lipinski definition) is 1. The van der Waals surface area contributed by atoms with E-state index in [0.717, 1.165) is 0 Å². The molecule has 0 aromatic heterocycles. The molecule has 1 fully saturated rings.